The van der Waals surface area contributed by atoms with E-state index < -0.39 is 5.97 Å². The van der Waals surface area contributed by atoms with Crippen molar-refractivity contribution in [3.8, 4) is 0 Å². The SMILES string of the molecule is O=C(O)c1cc(Cl)ccc1NCc1cccc(CO)c1. The van der Waals surface area contributed by atoms with Gasteiger partial charge in [-0.3, -0.25) is 0 Å². The molecule has 0 amide bonds. The molecule has 2 rings (SSSR count). The third kappa shape index (κ3) is 3.50. The Hall–Kier alpha value is -2.04. The van der Waals surface area contributed by atoms with Gasteiger partial charge in [-0.05, 0) is 29.3 Å². The topological polar surface area (TPSA) is 69.6 Å². The van der Waals surface area contributed by atoms with E-state index in [9.17, 15) is 4.79 Å². The fourth-order valence-electron chi connectivity index (χ4n) is 1.88. The number of rotatable bonds is 5. The van der Waals surface area contributed by atoms with Crippen LogP contribution in [0, 0.1) is 0 Å². The molecule has 2 aromatic carbocycles. The van der Waals surface area contributed by atoms with Gasteiger partial charge in [-0.2, -0.15) is 0 Å². The van der Waals surface area contributed by atoms with Crippen molar-refractivity contribution in [2.24, 2.45) is 0 Å². The molecular weight excluding hydrogens is 278 g/mol. The second-order valence-corrected chi connectivity index (χ2v) is 4.76. The van der Waals surface area contributed by atoms with Crippen LogP contribution in [0.25, 0.3) is 0 Å². The normalized spacial score (nSPS) is 10.3. The standard InChI is InChI=1S/C15H14ClNO3/c16-12-4-5-14(13(7-12)15(19)20)17-8-10-2-1-3-11(6-10)9-18/h1-7,17-18H,8-9H2,(H,19,20). The van der Waals surface area contributed by atoms with Crippen LogP contribution < -0.4 is 5.32 Å². The van der Waals surface area contributed by atoms with E-state index >= 15 is 0 Å². The number of aromatic carboxylic acids is 1. The molecule has 0 heterocycles. The molecule has 0 atom stereocenters. The summed E-state index contributed by atoms with van der Waals surface area (Å²) in [5.74, 6) is -1.03. The molecular formula is C15H14ClNO3. The molecule has 0 saturated carbocycles. The number of carboxylic acids is 1. The minimum Gasteiger partial charge on any atom is -0.478 e. The number of aliphatic hydroxyl groups excluding tert-OH is 1. The fourth-order valence-corrected chi connectivity index (χ4v) is 2.05. The lowest BCUT2D eigenvalue weighted by Crippen LogP contribution is -2.06. The summed E-state index contributed by atoms with van der Waals surface area (Å²) in [4.78, 5) is 11.2. The van der Waals surface area contributed by atoms with Crippen molar-refractivity contribution in [3.05, 3.63) is 64.2 Å². The van der Waals surface area contributed by atoms with Crippen molar-refractivity contribution < 1.29 is 15.0 Å². The number of carboxylic acid groups (broad SMARTS) is 1. The second-order valence-electron chi connectivity index (χ2n) is 4.33. The first-order chi connectivity index (χ1) is 9.60. The zero-order valence-corrected chi connectivity index (χ0v) is 11.4. The first-order valence-electron chi connectivity index (χ1n) is 6.05. The van der Waals surface area contributed by atoms with Gasteiger partial charge < -0.3 is 15.5 Å². The molecule has 2 aromatic rings. The lowest BCUT2D eigenvalue weighted by atomic mass is 10.1. The maximum absolute atomic E-state index is 11.2. The zero-order chi connectivity index (χ0) is 14.5. The molecule has 20 heavy (non-hydrogen) atoms. The summed E-state index contributed by atoms with van der Waals surface area (Å²) in [5, 5.41) is 21.7. The number of aliphatic hydroxyl groups is 1. The van der Waals surface area contributed by atoms with Gasteiger partial charge in [-0.1, -0.05) is 35.9 Å². The highest BCUT2D eigenvalue weighted by atomic mass is 35.5. The summed E-state index contributed by atoms with van der Waals surface area (Å²) >= 11 is 5.80. The predicted octanol–water partition coefficient (Wildman–Crippen LogP) is 3.14. The third-order valence-electron chi connectivity index (χ3n) is 2.87. The van der Waals surface area contributed by atoms with Crippen molar-refractivity contribution in [1.29, 1.82) is 0 Å². The lowest BCUT2D eigenvalue weighted by molar-refractivity contribution is 0.0698. The Balaban J connectivity index is 2.16. The van der Waals surface area contributed by atoms with E-state index in [1.54, 1.807) is 12.1 Å². The average Bonchev–Trinajstić information content (AvgIpc) is 2.46. The van der Waals surface area contributed by atoms with Crippen molar-refractivity contribution in [2.75, 3.05) is 5.32 Å². The van der Waals surface area contributed by atoms with E-state index in [4.69, 9.17) is 21.8 Å². The van der Waals surface area contributed by atoms with E-state index in [2.05, 4.69) is 5.32 Å². The minimum absolute atomic E-state index is 0.0187. The van der Waals surface area contributed by atoms with Crippen molar-refractivity contribution >= 4 is 23.3 Å². The molecule has 0 unspecified atom stereocenters. The van der Waals surface area contributed by atoms with Gasteiger partial charge in [0.15, 0.2) is 0 Å². The Labute approximate surface area is 121 Å². The fraction of sp³-hybridized carbons (Fsp3) is 0.133. The van der Waals surface area contributed by atoms with Crippen LogP contribution in [0.5, 0.6) is 0 Å². The summed E-state index contributed by atoms with van der Waals surface area (Å²) in [6.45, 7) is 0.449. The van der Waals surface area contributed by atoms with E-state index in [1.165, 1.54) is 6.07 Å². The molecule has 5 heteroatoms. The molecule has 104 valence electrons. The predicted molar refractivity (Wildman–Crippen MR) is 78.1 cm³/mol. The largest absolute Gasteiger partial charge is 0.478 e. The van der Waals surface area contributed by atoms with Crippen molar-refractivity contribution in [1.82, 2.24) is 0 Å². The van der Waals surface area contributed by atoms with Crippen LogP contribution in [0.4, 0.5) is 5.69 Å². The molecule has 0 bridgehead atoms. The maximum atomic E-state index is 11.2. The Morgan fingerprint density at radius 1 is 1.15 bits per heavy atom. The Morgan fingerprint density at radius 3 is 2.60 bits per heavy atom. The minimum atomic E-state index is -1.03. The summed E-state index contributed by atoms with van der Waals surface area (Å²) in [6, 6.07) is 12.1. The van der Waals surface area contributed by atoms with Crippen LogP contribution in [0.1, 0.15) is 21.5 Å². The van der Waals surface area contributed by atoms with E-state index in [-0.39, 0.29) is 12.2 Å². The number of carbonyl (C=O) groups is 1. The first-order valence-corrected chi connectivity index (χ1v) is 6.43. The molecule has 0 aliphatic heterocycles. The maximum Gasteiger partial charge on any atom is 0.337 e. The quantitative estimate of drug-likeness (QED) is 0.791. The first kappa shape index (κ1) is 14.4. The smallest absolute Gasteiger partial charge is 0.337 e. The highest BCUT2D eigenvalue weighted by Crippen LogP contribution is 2.21. The highest BCUT2D eigenvalue weighted by molar-refractivity contribution is 6.31. The van der Waals surface area contributed by atoms with Crippen LogP contribution in [0.3, 0.4) is 0 Å². The summed E-state index contributed by atoms with van der Waals surface area (Å²) in [6.07, 6.45) is 0. The summed E-state index contributed by atoms with van der Waals surface area (Å²) in [5.41, 5.74) is 2.42. The van der Waals surface area contributed by atoms with E-state index in [0.29, 0.717) is 17.3 Å². The third-order valence-corrected chi connectivity index (χ3v) is 3.10. The van der Waals surface area contributed by atoms with Crippen LogP contribution in [0.2, 0.25) is 5.02 Å². The molecule has 4 nitrogen and oxygen atoms in total. The monoisotopic (exact) mass is 291 g/mol. The van der Waals surface area contributed by atoms with E-state index in [0.717, 1.165) is 11.1 Å². The number of hydrogen-bond acceptors (Lipinski definition) is 3. The lowest BCUT2D eigenvalue weighted by Gasteiger charge is -2.10. The summed E-state index contributed by atoms with van der Waals surface area (Å²) in [7, 11) is 0. The van der Waals surface area contributed by atoms with Crippen LogP contribution in [0.15, 0.2) is 42.5 Å². The van der Waals surface area contributed by atoms with Gasteiger partial charge in [-0.25, -0.2) is 4.79 Å². The molecule has 0 radical (unpaired) electrons. The van der Waals surface area contributed by atoms with Crippen LogP contribution in [-0.2, 0) is 13.2 Å². The zero-order valence-electron chi connectivity index (χ0n) is 10.6. The molecule has 0 fully saturated rings. The molecule has 0 saturated heterocycles. The van der Waals surface area contributed by atoms with E-state index in [1.807, 2.05) is 24.3 Å². The molecule has 3 N–H and O–H groups in total. The van der Waals surface area contributed by atoms with Crippen molar-refractivity contribution in [3.63, 3.8) is 0 Å². The Kier molecular flexibility index (Phi) is 4.61. The number of hydrogen-bond donors (Lipinski definition) is 3. The number of anilines is 1. The van der Waals surface area contributed by atoms with Crippen LogP contribution in [-0.4, -0.2) is 16.2 Å². The number of benzene rings is 2. The van der Waals surface area contributed by atoms with Crippen molar-refractivity contribution in [2.45, 2.75) is 13.2 Å². The van der Waals surface area contributed by atoms with Gasteiger partial charge >= 0.3 is 5.97 Å². The van der Waals surface area contributed by atoms with Gasteiger partial charge in [0.25, 0.3) is 0 Å². The van der Waals surface area contributed by atoms with Gasteiger partial charge in [-0.15, -0.1) is 0 Å². The number of halogens is 1. The van der Waals surface area contributed by atoms with Crippen LogP contribution >= 0.6 is 11.6 Å². The summed E-state index contributed by atoms with van der Waals surface area (Å²) < 4.78 is 0. The highest BCUT2D eigenvalue weighted by Gasteiger charge is 2.10. The number of nitrogens with one attached hydrogen (secondary N) is 1. The second kappa shape index (κ2) is 6.41. The van der Waals surface area contributed by atoms with Gasteiger partial charge in [0.2, 0.25) is 0 Å². The van der Waals surface area contributed by atoms with Gasteiger partial charge in [0, 0.05) is 17.3 Å². The van der Waals surface area contributed by atoms with Gasteiger partial charge in [0.05, 0.1) is 12.2 Å². The Bertz CT molecular complexity index is 628. The molecule has 0 aliphatic rings. The average molecular weight is 292 g/mol. The molecule has 0 aliphatic carbocycles. The molecule has 0 aromatic heterocycles. The Morgan fingerprint density at radius 2 is 1.90 bits per heavy atom. The molecule has 0 spiro atoms. The van der Waals surface area contributed by atoms with Gasteiger partial charge in [0.1, 0.15) is 0 Å².